The highest BCUT2D eigenvalue weighted by Crippen LogP contribution is 2.28. The SMILES string of the molecule is CC(=Cc1cnn(C2CCN(C(=O)O)CC2)c1C#N)c1ccc(S(C)(=O)=O)cc1F. The van der Waals surface area contributed by atoms with E-state index >= 15 is 0 Å². The van der Waals surface area contributed by atoms with Crippen molar-refractivity contribution >= 4 is 27.6 Å². The lowest BCUT2D eigenvalue weighted by Gasteiger charge is -2.30. The number of carboxylic acid groups (broad SMARTS) is 1. The Balaban J connectivity index is 1.88. The van der Waals surface area contributed by atoms with Gasteiger partial charge in [-0.05, 0) is 43.5 Å². The monoisotopic (exact) mass is 432 g/mol. The van der Waals surface area contributed by atoms with Gasteiger partial charge in [-0.3, -0.25) is 4.68 Å². The standard InChI is InChI=1S/C20H21FN4O4S/c1-13(17-4-3-16(10-18(17)21)30(2,28)29)9-14-12-23-25(19(14)11-22)15-5-7-24(8-6-15)20(26)27/h3-4,9-10,12,15H,5-8H2,1-2H3,(H,26,27). The lowest BCUT2D eigenvalue weighted by molar-refractivity contribution is 0.123. The van der Waals surface area contributed by atoms with Crippen LogP contribution in [-0.4, -0.2) is 53.6 Å². The fourth-order valence-corrected chi connectivity index (χ4v) is 4.17. The number of aromatic nitrogens is 2. The average molecular weight is 432 g/mol. The van der Waals surface area contributed by atoms with Crippen molar-refractivity contribution < 1.29 is 22.7 Å². The predicted octanol–water partition coefficient (Wildman–Crippen LogP) is 3.17. The summed E-state index contributed by atoms with van der Waals surface area (Å²) in [7, 11) is -3.51. The summed E-state index contributed by atoms with van der Waals surface area (Å²) >= 11 is 0. The molecule has 1 saturated heterocycles. The van der Waals surface area contributed by atoms with Gasteiger partial charge in [-0.1, -0.05) is 6.07 Å². The van der Waals surface area contributed by atoms with Crippen molar-refractivity contribution in [1.29, 1.82) is 5.26 Å². The summed E-state index contributed by atoms with van der Waals surface area (Å²) < 4.78 is 39.2. The molecule has 1 amide bonds. The molecule has 0 spiro atoms. The first-order valence-corrected chi connectivity index (χ1v) is 11.1. The number of allylic oxidation sites excluding steroid dienone is 1. The van der Waals surface area contributed by atoms with Gasteiger partial charge in [-0.2, -0.15) is 10.4 Å². The number of sulfone groups is 1. The number of likely N-dealkylation sites (tertiary alicyclic amines) is 1. The van der Waals surface area contributed by atoms with Crippen LogP contribution in [0.5, 0.6) is 0 Å². The van der Waals surface area contributed by atoms with E-state index in [1.807, 2.05) is 0 Å². The third-order valence-electron chi connectivity index (χ3n) is 5.18. The average Bonchev–Trinajstić information content (AvgIpc) is 3.09. The number of benzene rings is 1. The van der Waals surface area contributed by atoms with Crippen molar-refractivity contribution in [3.63, 3.8) is 0 Å². The Morgan fingerprint density at radius 2 is 2.03 bits per heavy atom. The van der Waals surface area contributed by atoms with E-state index in [4.69, 9.17) is 5.11 Å². The van der Waals surface area contributed by atoms with Crippen molar-refractivity contribution in [3.05, 3.63) is 47.0 Å². The number of amides is 1. The number of hydrogen-bond donors (Lipinski definition) is 1. The van der Waals surface area contributed by atoms with Crippen LogP contribution in [0.4, 0.5) is 9.18 Å². The minimum atomic E-state index is -3.51. The lowest BCUT2D eigenvalue weighted by Crippen LogP contribution is -2.38. The molecule has 0 radical (unpaired) electrons. The van der Waals surface area contributed by atoms with Crippen LogP contribution in [0, 0.1) is 17.1 Å². The molecule has 0 saturated carbocycles. The second-order valence-corrected chi connectivity index (χ2v) is 9.26. The smallest absolute Gasteiger partial charge is 0.407 e. The molecule has 0 aliphatic carbocycles. The van der Waals surface area contributed by atoms with Gasteiger partial charge in [0.2, 0.25) is 0 Å². The van der Waals surface area contributed by atoms with E-state index in [9.17, 15) is 22.9 Å². The normalized spacial score (nSPS) is 15.8. The van der Waals surface area contributed by atoms with E-state index in [1.54, 1.807) is 17.7 Å². The molecule has 1 fully saturated rings. The number of hydrogen-bond acceptors (Lipinski definition) is 5. The zero-order valence-corrected chi connectivity index (χ0v) is 17.4. The molecule has 2 heterocycles. The molecule has 1 N–H and O–H groups in total. The molecule has 2 aromatic rings. The van der Waals surface area contributed by atoms with Gasteiger partial charge >= 0.3 is 6.09 Å². The molecule has 0 atom stereocenters. The van der Waals surface area contributed by atoms with Gasteiger partial charge in [0.05, 0.1) is 17.1 Å². The number of piperidine rings is 1. The molecule has 0 bridgehead atoms. The van der Waals surface area contributed by atoms with E-state index in [2.05, 4.69) is 11.2 Å². The molecule has 30 heavy (non-hydrogen) atoms. The fourth-order valence-electron chi connectivity index (χ4n) is 3.53. The Bertz CT molecular complexity index is 1160. The van der Waals surface area contributed by atoms with Crippen molar-refractivity contribution in [3.8, 4) is 6.07 Å². The van der Waals surface area contributed by atoms with Gasteiger partial charge < -0.3 is 10.0 Å². The van der Waals surface area contributed by atoms with Crippen LogP contribution < -0.4 is 0 Å². The Hall–Kier alpha value is -3.19. The molecule has 0 unspecified atom stereocenters. The molecular weight excluding hydrogens is 411 g/mol. The summed E-state index contributed by atoms with van der Waals surface area (Å²) in [5.74, 6) is -0.668. The van der Waals surface area contributed by atoms with E-state index in [-0.39, 0.29) is 16.5 Å². The van der Waals surface area contributed by atoms with Crippen LogP contribution in [0.3, 0.4) is 0 Å². The molecule has 1 aromatic carbocycles. The summed E-state index contributed by atoms with van der Waals surface area (Å²) in [4.78, 5) is 12.3. The van der Waals surface area contributed by atoms with E-state index in [1.165, 1.54) is 23.2 Å². The Morgan fingerprint density at radius 3 is 2.57 bits per heavy atom. The summed E-state index contributed by atoms with van der Waals surface area (Å²) in [6, 6.07) is 5.76. The third-order valence-corrected chi connectivity index (χ3v) is 6.29. The van der Waals surface area contributed by atoms with Crippen molar-refractivity contribution in [2.45, 2.75) is 30.7 Å². The maximum atomic E-state index is 14.5. The Morgan fingerprint density at radius 1 is 1.37 bits per heavy atom. The van der Waals surface area contributed by atoms with Crippen LogP contribution in [0.15, 0.2) is 29.3 Å². The largest absolute Gasteiger partial charge is 0.465 e. The molecule has 3 rings (SSSR count). The first-order chi connectivity index (χ1) is 14.1. The molecule has 1 aliphatic heterocycles. The minimum Gasteiger partial charge on any atom is -0.465 e. The highest BCUT2D eigenvalue weighted by Gasteiger charge is 2.26. The molecular formula is C20H21FN4O4S. The van der Waals surface area contributed by atoms with Gasteiger partial charge in [-0.15, -0.1) is 0 Å². The Labute approximate surface area is 173 Å². The van der Waals surface area contributed by atoms with Crippen LogP contribution in [0.2, 0.25) is 0 Å². The van der Waals surface area contributed by atoms with Crippen LogP contribution in [0.25, 0.3) is 11.6 Å². The first-order valence-electron chi connectivity index (χ1n) is 9.25. The summed E-state index contributed by atoms with van der Waals surface area (Å²) in [6.07, 6.45) is 4.30. The third kappa shape index (κ3) is 4.36. The Kier molecular flexibility index (Phi) is 5.94. The second kappa shape index (κ2) is 8.28. The minimum absolute atomic E-state index is 0.0940. The highest BCUT2D eigenvalue weighted by molar-refractivity contribution is 7.90. The topological polar surface area (TPSA) is 116 Å². The summed E-state index contributed by atoms with van der Waals surface area (Å²) in [6.45, 7) is 2.40. The van der Waals surface area contributed by atoms with E-state index < -0.39 is 21.7 Å². The second-order valence-electron chi connectivity index (χ2n) is 7.25. The number of halogens is 1. The van der Waals surface area contributed by atoms with Crippen molar-refractivity contribution in [2.75, 3.05) is 19.3 Å². The zero-order chi connectivity index (χ0) is 22.1. The zero-order valence-electron chi connectivity index (χ0n) is 16.5. The first kappa shape index (κ1) is 21.5. The highest BCUT2D eigenvalue weighted by atomic mass is 32.2. The number of rotatable bonds is 4. The van der Waals surface area contributed by atoms with Crippen molar-refractivity contribution in [2.24, 2.45) is 0 Å². The molecule has 1 aromatic heterocycles. The van der Waals surface area contributed by atoms with Gasteiger partial charge in [0.25, 0.3) is 0 Å². The quantitative estimate of drug-likeness (QED) is 0.793. The summed E-state index contributed by atoms with van der Waals surface area (Å²) in [5.41, 5.74) is 1.58. The molecule has 158 valence electrons. The molecule has 10 heteroatoms. The van der Waals surface area contributed by atoms with E-state index in [0.29, 0.717) is 42.8 Å². The summed E-state index contributed by atoms with van der Waals surface area (Å²) in [5, 5.41) is 23.0. The van der Waals surface area contributed by atoms with Crippen LogP contribution >= 0.6 is 0 Å². The fraction of sp³-hybridized carbons (Fsp3) is 0.350. The van der Waals surface area contributed by atoms with Gasteiger partial charge in [0.15, 0.2) is 9.84 Å². The lowest BCUT2D eigenvalue weighted by atomic mass is 10.0. The van der Waals surface area contributed by atoms with Crippen LogP contribution in [0.1, 0.15) is 42.6 Å². The maximum Gasteiger partial charge on any atom is 0.407 e. The maximum absolute atomic E-state index is 14.5. The van der Waals surface area contributed by atoms with Gasteiger partial charge in [-0.25, -0.2) is 17.6 Å². The molecule has 8 nitrogen and oxygen atoms in total. The van der Waals surface area contributed by atoms with Gasteiger partial charge in [0.1, 0.15) is 17.6 Å². The van der Waals surface area contributed by atoms with Crippen LogP contribution in [-0.2, 0) is 9.84 Å². The van der Waals surface area contributed by atoms with E-state index in [0.717, 1.165) is 12.3 Å². The number of carbonyl (C=O) groups is 1. The predicted molar refractivity (Wildman–Crippen MR) is 108 cm³/mol. The number of nitriles is 1. The molecule has 1 aliphatic rings. The van der Waals surface area contributed by atoms with Gasteiger partial charge in [0, 0.05) is 30.5 Å². The number of nitrogens with zero attached hydrogens (tertiary/aromatic N) is 4. The van der Waals surface area contributed by atoms with Crippen molar-refractivity contribution in [1.82, 2.24) is 14.7 Å².